The van der Waals surface area contributed by atoms with Crippen molar-refractivity contribution in [3.63, 3.8) is 0 Å². The van der Waals surface area contributed by atoms with Crippen LogP contribution in [0.1, 0.15) is 40.0 Å². The van der Waals surface area contributed by atoms with Gasteiger partial charge in [0.2, 0.25) is 0 Å². The standard InChI is InChI=1S/C13H23NO2/c1-10(2)6-9-14-8-5-7-13(3,4)11(14)12(15)16/h11H,1,5-9H2,2-4H3,(H,15,16). The fraction of sp³-hybridized carbons (Fsp3) is 0.769. The lowest BCUT2D eigenvalue weighted by Crippen LogP contribution is -2.54. The zero-order valence-corrected chi connectivity index (χ0v) is 10.6. The van der Waals surface area contributed by atoms with Crippen LogP contribution in [-0.2, 0) is 4.79 Å². The molecule has 1 saturated heterocycles. The molecule has 3 nitrogen and oxygen atoms in total. The van der Waals surface area contributed by atoms with Gasteiger partial charge in [0.25, 0.3) is 0 Å². The van der Waals surface area contributed by atoms with Crippen LogP contribution < -0.4 is 0 Å². The van der Waals surface area contributed by atoms with Crippen molar-refractivity contribution in [3.05, 3.63) is 12.2 Å². The van der Waals surface area contributed by atoms with Gasteiger partial charge in [0.05, 0.1) is 0 Å². The zero-order valence-electron chi connectivity index (χ0n) is 10.6. The van der Waals surface area contributed by atoms with E-state index in [4.69, 9.17) is 0 Å². The molecule has 16 heavy (non-hydrogen) atoms. The lowest BCUT2D eigenvalue weighted by Gasteiger charge is -2.44. The van der Waals surface area contributed by atoms with Crippen LogP contribution in [0, 0.1) is 5.41 Å². The average Bonchev–Trinajstić information content (AvgIpc) is 2.12. The number of rotatable bonds is 4. The van der Waals surface area contributed by atoms with Crippen molar-refractivity contribution in [3.8, 4) is 0 Å². The summed E-state index contributed by atoms with van der Waals surface area (Å²) in [7, 11) is 0. The number of carboxylic acid groups (broad SMARTS) is 1. The quantitative estimate of drug-likeness (QED) is 0.747. The largest absolute Gasteiger partial charge is 0.480 e. The Balaban J connectivity index is 2.73. The molecular weight excluding hydrogens is 202 g/mol. The van der Waals surface area contributed by atoms with Crippen molar-refractivity contribution in [2.24, 2.45) is 5.41 Å². The minimum atomic E-state index is -0.689. The van der Waals surface area contributed by atoms with Gasteiger partial charge in [-0.2, -0.15) is 0 Å². The summed E-state index contributed by atoms with van der Waals surface area (Å²) in [5.74, 6) is -0.689. The molecule has 1 aliphatic rings. The van der Waals surface area contributed by atoms with Crippen LogP contribution >= 0.6 is 0 Å². The van der Waals surface area contributed by atoms with Crippen molar-refractivity contribution in [2.75, 3.05) is 13.1 Å². The number of aliphatic carboxylic acids is 1. The molecule has 1 aliphatic heterocycles. The Labute approximate surface area is 98.1 Å². The molecule has 0 radical (unpaired) electrons. The predicted octanol–water partition coefficient (Wildman–Crippen LogP) is 2.53. The molecule has 3 heteroatoms. The van der Waals surface area contributed by atoms with E-state index in [0.717, 1.165) is 37.9 Å². The van der Waals surface area contributed by atoms with Crippen LogP contribution in [0.15, 0.2) is 12.2 Å². The van der Waals surface area contributed by atoms with Crippen molar-refractivity contribution in [1.82, 2.24) is 4.90 Å². The summed E-state index contributed by atoms with van der Waals surface area (Å²) in [5, 5.41) is 9.35. The lowest BCUT2D eigenvalue weighted by molar-refractivity contribution is -0.150. The molecule has 0 saturated carbocycles. The van der Waals surface area contributed by atoms with Gasteiger partial charge in [-0.05, 0) is 38.1 Å². The SMILES string of the molecule is C=C(C)CCN1CCCC(C)(C)C1C(=O)O. The highest BCUT2D eigenvalue weighted by molar-refractivity contribution is 5.74. The van der Waals surface area contributed by atoms with Crippen LogP contribution in [-0.4, -0.2) is 35.1 Å². The van der Waals surface area contributed by atoms with Gasteiger partial charge in [0.15, 0.2) is 0 Å². The number of piperidine rings is 1. The number of carboxylic acids is 1. The highest BCUT2D eigenvalue weighted by Gasteiger charge is 2.41. The number of likely N-dealkylation sites (tertiary alicyclic amines) is 1. The predicted molar refractivity (Wildman–Crippen MR) is 65.4 cm³/mol. The fourth-order valence-electron chi connectivity index (χ4n) is 2.56. The minimum absolute atomic E-state index is 0.126. The van der Waals surface area contributed by atoms with E-state index in [2.05, 4.69) is 25.3 Å². The second kappa shape index (κ2) is 5.00. The van der Waals surface area contributed by atoms with E-state index < -0.39 is 5.97 Å². The topological polar surface area (TPSA) is 40.5 Å². The van der Waals surface area contributed by atoms with Gasteiger partial charge in [-0.3, -0.25) is 9.69 Å². The molecule has 92 valence electrons. The number of nitrogens with zero attached hydrogens (tertiary/aromatic N) is 1. The first-order valence-electron chi connectivity index (χ1n) is 5.96. The van der Waals surface area contributed by atoms with E-state index in [-0.39, 0.29) is 11.5 Å². The van der Waals surface area contributed by atoms with Gasteiger partial charge in [-0.1, -0.05) is 19.4 Å². The van der Waals surface area contributed by atoms with Crippen molar-refractivity contribution >= 4 is 5.97 Å². The summed E-state index contributed by atoms with van der Waals surface area (Å²) in [6.07, 6.45) is 2.97. The first kappa shape index (κ1) is 13.2. The Morgan fingerprint density at radius 3 is 2.69 bits per heavy atom. The molecule has 0 amide bonds. The van der Waals surface area contributed by atoms with Gasteiger partial charge >= 0.3 is 5.97 Å². The molecule has 0 aliphatic carbocycles. The van der Waals surface area contributed by atoms with E-state index in [1.54, 1.807) is 0 Å². The zero-order chi connectivity index (χ0) is 12.3. The van der Waals surface area contributed by atoms with Crippen molar-refractivity contribution in [2.45, 2.75) is 46.1 Å². The molecule has 0 aromatic heterocycles. The molecule has 1 rings (SSSR count). The van der Waals surface area contributed by atoms with Gasteiger partial charge in [-0.25, -0.2) is 0 Å². The summed E-state index contributed by atoms with van der Waals surface area (Å²) in [6.45, 7) is 11.7. The summed E-state index contributed by atoms with van der Waals surface area (Å²) in [6, 6.07) is -0.347. The summed E-state index contributed by atoms with van der Waals surface area (Å²) in [5.41, 5.74) is 0.992. The Bertz CT molecular complexity index is 284. The normalized spacial score (nSPS) is 25.3. The van der Waals surface area contributed by atoms with E-state index in [0.29, 0.717) is 0 Å². The lowest BCUT2D eigenvalue weighted by atomic mass is 9.76. The molecule has 1 unspecified atom stereocenters. The maximum atomic E-state index is 11.4. The first-order chi connectivity index (χ1) is 7.34. The highest BCUT2D eigenvalue weighted by atomic mass is 16.4. The fourth-order valence-corrected chi connectivity index (χ4v) is 2.56. The summed E-state index contributed by atoms with van der Waals surface area (Å²) >= 11 is 0. The van der Waals surface area contributed by atoms with Gasteiger partial charge in [-0.15, -0.1) is 6.58 Å². The molecule has 1 fully saturated rings. The first-order valence-corrected chi connectivity index (χ1v) is 5.96. The Kier molecular flexibility index (Phi) is 4.14. The average molecular weight is 225 g/mol. The second-order valence-electron chi connectivity index (χ2n) is 5.58. The molecule has 0 spiro atoms. The van der Waals surface area contributed by atoms with Crippen LogP contribution in [0.4, 0.5) is 0 Å². The molecule has 1 heterocycles. The van der Waals surface area contributed by atoms with Gasteiger partial charge in [0, 0.05) is 6.54 Å². The van der Waals surface area contributed by atoms with E-state index in [1.807, 2.05) is 6.92 Å². The minimum Gasteiger partial charge on any atom is -0.480 e. The van der Waals surface area contributed by atoms with Gasteiger partial charge < -0.3 is 5.11 Å². The van der Waals surface area contributed by atoms with Crippen LogP contribution in [0.2, 0.25) is 0 Å². The van der Waals surface area contributed by atoms with Crippen molar-refractivity contribution in [1.29, 1.82) is 0 Å². The molecule has 0 bridgehead atoms. The van der Waals surface area contributed by atoms with E-state index >= 15 is 0 Å². The third-order valence-corrected chi connectivity index (χ3v) is 3.43. The van der Waals surface area contributed by atoms with Crippen LogP contribution in [0.25, 0.3) is 0 Å². The Morgan fingerprint density at radius 1 is 1.56 bits per heavy atom. The maximum Gasteiger partial charge on any atom is 0.321 e. The number of hydrogen-bond acceptors (Lipinski definition) is 2. The Hall–Kier alpha value is -0.830. The number of carbonyl (C=O) groups is 1. The highest BCUT2D eigenvalue weighted by Crippen LogP contribution is 2.35. The second-order valence-corrected chi connectivity index (χ2v) is 5.58. The maximum absolute atomic E-state index is 11.4. The smallest absolute Gasteiger partial charge is 0.321 e. The van der Waals surface area contributed by atoms with E-state index in [9.17, 15) is 9.90 Å². The molecule has 0 aromatic rings. The monoisotopic (exact) mass is 225 g/mol. The summed E-state index contributed by atoms with van der Waals surface area (Å²) in [4.78, 5) is 13.5. The summed E-state index contributed by atoms with van der Waals surface area (Å²) < 4.78 is 0. The van der Waals surface area contributed by atoms with Crippen molar-refractivity contribution < 1.29 is 9.90 Å². The van der Waals surface area contributed by atoms with E-state index in [1.165, 1.54) is 0 Å². The van der Waals surface area contributed by atoms with Crippen LogP contribution in [0.5, 0.6) is 0 Å². The molecular formula is C13H23NO2. The van der Waals surface area contributed by atoms with Crippen LogP contribution in [0.3, 0.4) is 0 Å². The molecule has 0 aromatic carbocycles. The third-order valence-electron chi connectivity index (χ3n) is 3.43. The molecule has 1 atom stereocenters. The number of hydrogen-bond donors (Lipinski definition) is 1. The van der Waals surface area contributed by atoms with Gasteiger partial charge in [0.1, 0.15) is 6.04 Å². The third kappa shape index (κ3) is 3.08. The Morgan fingerprint density at radius 2 is 2.19 bits per heavy atom. The molecule has 1 N–H and O–H groups in total.